The summed E-state index contributed by atoms with van der Waals surface area (Å²) in [7, 11) is 0. The zero-order valence-corrected chi connectivity index (χ0v) is 12.9. The Kier molecular flexibility index (Phi) is 3.59. The lowest BCUT2D eigenvalue weighted by Crippen LogP contribution is -2.29. The van der Waals surface area contributed by atoms with E-state index in [1.165, 1.54) is 0 Å². The third-order valence-corrected chi connectivity index (χ3v) is 4.05. The van der Waals surface area contributed by atoms with Gasteiger partial charge < -0.3 is 15.6 Å². The molecule has 2 heterocycles. The van der Waals surface area contributed by atoms with Gasteiger partial charge in [-0.25, -0.2) is 4.98 Å². The molecule has 0 saturated carbocycles. The van der Waals surface area contributed by atoms with Crippen molar-refractivity contribution in [3.8, 4) is 11.3 Å². The van der Waals surface area contributed by atoms with Crippen molar-refractivity contribution in [1.29, 1.82) is 0 Å². The smallest absolute Gasteiger partial charge is 0.253 e. The second-order valence-electron chi connectivity index (χ2n) is 5.57. The fraction of sp³-hybridized carbons (Fsp3) is 0.0526. The first-order valence-corrected chi connectivity index (χ1v) is 7.74. The number of carbonyl (C=O) groups is 1. The normalized spacial score (nSPS) is 15.0. The minimum absolute atomic E-state index is 0.0608. The number of hydrogen-bond donors (Lipinski definition) is 3. The second-order valence-corrected chi connectivity index (χ2v) is 5.57. The summed E-state index contributed by atoms with van der Waals surface area (Å²) in [5.74, 6) is -0.0608. The SMILES string of the molecule is O=C1NCc2ccccc2/C1=C/Nc1ccc(-c2c[nH]cn2)cc1. The predicted octanol–water partition coefficient (Wildman–Crippen LogP) is 3.16. The summed E-state index contributed by atoms with van der Waals surface area (Å²) < 4.78 is 0. The molecule has 1 aliphatic rings. The van der Waals surface area contributed by atoms with Crippen molar-refractivity contribution in [2.24, 2.45) is 0 Å². The first-order chi connectivity index (χ1) is 11.8. The molecule has 1 aliphatic heterocycles. The highest BCUT2D eigenvalue weighted by Gasteiger charge is 2.20. The van der Waals surface area contributed by atoms with Crippen LogP contribution in [0.2, 0.25) is 0 Å². The molecule has 0 bridgehead atoms. The molecule has 1 aromatic heterocycles. The Morgan fingerprint density at radius 1 is 1.08 bits per heavy atom. The van der Waals surface area contributed by atoms with Gasteiger partial charge in [-0.15, -0.1) is 0 Å². The highest BCUT2D eigenvalue weighted by molar-refractivity contribution is 6.21. The van der Waals surface area contributed by atoms with Crippen molar-refractivity contribution < 1.29 is 4.79 Å². The van der Waals surface area contributed by atoms with Crippen molar-refractivity contribution in [3.63, 3.8) is 0 Å². The van der Waals surface area contributed by atoms with E-state index >= 15 is 0 Å². The van der Waals surface area contributed by atoms with Crippen LogP contribution in [0, 0.1) is 0 Å². The summed E-state index contributed by atoms with van der Waals surface area (Å²) in [6.45, 7) is 0.574. The first kappa shape index (κ1) is 14.3. The maximum Gasteiger partial charge on any atom is 0.253 e. The Labute approximate surface area is 139 Å². The van der Waals surface area contributed by atoms with E-state index in [4.69, 9.17) is 0 Å². The van der Waals surface area contributed by atoms with Crippen LogP contribution in [-0.2, 0) is 11.3 Å². The van der Waals surface area contributed by atoms with Gasteiger partial charge in [0.05, 0.1) is 17.6 Å². The molecule has 24 heavy (non-hydrogen) atoms. The number of hydrogen-bond acceptors (Lipinski definition) is 3. The zero-order valence-electron chi connectivity index (χ0n) is 12.9. The fourth-order valence-electron chi connectivity index (χ4n) is 2.78. The van der Waals surface area contributed by atoms with Gasteiger partial charge in [0.1, 0.15) is 0 Å². The highest BCUT2D eigenvalue weighted by Crippen LogP contribution is 2.24. The molecule has 0 saturated heterocycles. The van der Waals surface area contributed by atoms with E-state index in [1.807, 2.05) is 54.7 Å². The van der Waals surface area contributed by atoms with Crippen LogP contribution in [0.25, 0.3) is 16.8 Å². The molecule has 0 radical (unpaired) electrons. The lowest BCUT2D eigenvalue weighted by molar-refractivity contribution is -0.116. The molecule has 0 atom stereocenters. The Balaban J connectivity index is 1.58. The predicted molar refractivity (Wildman–Crippen MR) is 93.9 cm³/mol. The Morgan fingerprint density at radius 2 is 1.92 bits per heavy atom. The van der Waals surface area contributed by atoms with Crippen LogP contribution in [0.1, 0.15) is 11.1 Å². The number of benzene rings is 2. The minimum Gasteiger partial charge on any atom is -0.361 e. The Hall–Kier alpha value is -3.34. The topological polar surface area (TPSA) is 69.8 Å². The fourth-order valence-corrected chi connectivity index (χ4v) is 2.78. The van der Waals surface area contributed by atoms with Crippen molar-refractivity contribution in [3.05, 3.63) is 78.4 Å². The molecule has 0 spiro atoms. The standard InChI is InChI=1S/C19H16N4O/c24-19-17(16-4-2-1-3-14(16)9-22-19)10-21-15-7-5-13(6-8-15)18-11-20-12-23-18/h1-8,10-12,21H,9H2,(H,20,23)(H,22,24)/b17-10-. The van der Waals surface area contributed by atoms with Gasteiger partial charge in [0, 0.05) is 30.2 Å². The second kappa shape index (κ2) is 6.04. The number of nitrogens with one attached hydrogen (secondary N) is 3. The summed E-state index contributed by atoms with van der Waals surface area (Å²) in [5, 5.41) is 6.10. The summed E-state index contributed by atoms with van der Waals surface area (Å²) in [5.41, 5.74) is 5.60. The molecule has 5 heteroatoms. The summed E-state index contributed by atoms with van der Waals surface area (Å²) >= 11 is 0. The maximum atomic E-state index is 12.2. The minimum atomic E-state index is -0.0608. The van der Waals surface area contributed by atoms with Gasteiger partial charge in [-0.3, -0.25) is 4.79 Å². The van der Waals surface area contributed by atoms with E-state index < -0.39 is 0 Å². The van der Waals surface area contributed by atoms with Gasteiger partial charge in [-0.1, -0.05) is 36.4 Å². The van der Waals surface area contributed by atoms with Gasteiger partial charge in [-0.2, -0.15) is 0 Å². The molecule has 118 valence electrons. The van der Waals surface area contributed by atoms with Crippen molar-refractivity contribution in [1.82, 2.24) is 15.3 Å². The van der Waals surface area contributed by atoms with Crippen molar-refractivity contribution in [2.75, 3.05) is 5.32 Å². The molecule has 0 unspecified atom stereocenters. The number of carbonyl (C=O) groups excluding carboxylic acids is 1. The van der Waals surface area contributed by atoms with E-state index in [2.05, 4.69) is 20.6 Å². The molecule has 0 fully saturated rings. The van der Waals surface area contributed by atoms with Crippen LogP contribution in [0.15, 0.2) is 67.3 Å². The van der Waals surface area contributed by atoms with Gasteiger partial charge in [0.25, 0.3) is 5.91 Å². The summed E-state index contributed by atoms with van der Waals surface area (Å²) in [4.78, 5) is 19.3. The van der Waals surface area contributed by atoms with Crippen LogP contribution >= 0.6 is 0 Å². The van der Waals surface area contributed by atoms with E-state index in [-0.39, 0.29) is 5.91 Å². The van der Waals surface area contributed by atoms with Crippen LogP contribution < -0.4 is 10.6 Å². The number of H-pyrrole nitrogens is 1. The summed E-state index contributed by atoms with van der Waals surface area (Å²) in [6.07, 6.45) is 5.27. The number of imidazole rings is 1. The van der Waals surface area contributed by atoms with E-state index in [0.29, 0.717) is 12.1 Å². The third-order valence-electron chi connectivity index (χ3n) is 4.05. The number of fused-ring (bicyclic) bond motifs is 1. The van der Waals surface area contributed by atoms with Crippen LogP contribution in [-0.4, -0.2) is 15.9 Å². The van der Waals surface area contributed by atoms with Gasteiger partial charge in [0.15, 0.2) is 0 Å². The molecular formula is C19H16N4O. The largest absolute Gasteiger partial charge is 0.361 e. The Bertz CT molecular complexity index is 895. The van der Waals surface area contributed by atoms with Crippen LogP contribution in [0.5, 0.6) is 0 Å². The molecule has 4 rings (SSSR count). The van der Waals surface area contributed by atoms with Gasteiger partial charge >= 0.3 is 0 Å². The van der Waals surface area contributed by atoms with Gasteiger partial charge in [-0.05, 0) is 23.3 Å². The molecule has 3 N–H and O–H groups in total. The number of aromatic nitrogens is 2. The van der Waals surface area contributed by atoms with E-state index in [9.17, 15) is 4.79 Å². The molecule has 1 amide bonds. The molecule has 3 aromatic rings. The molecular weight excluding hydrogens is 300 g/mol. The quantitative estimate of drug-likeness (QED) is 0.650. The van der Waals surface area contributed by atoms with E-state index in [1.54, 1.807) is 12.5 Å². The zero-order chi connectivity index (χ0) is 16.4. The average Bonchev–Trinajstić information content (AvgIpc) is 3.16. The summed E-state index contributed by atoms with van der Waals surface area (Å²) in [6, 6.07) is 15.8. The first-order valence-electron chi connectivity index (χ1n) is 7.74. The maximum absolute atomic E-state index is 12.2. The van der Waals surface area contributed by atoms with Crippen LogP contribution in [0.3, 0.4) is 0 Å². The number of rotatable bonds is 3. The van der Waals surface area contributed by atoms with Crippen molar-refractivity contribution in [2.45, 2.75) is 6.54 Å². The number of nitrogens with zero attached hydrogens (tertiary/aromatic N) is 1. The van der Waals surface area contributed by atoms with Gasteiger partial charge in [0.2, 0.25) is 0 Å². The highest BCUT2D eigenvalue weighted by atomic mass is 16.1. The monoisotopic (exact) mass is 316 g/mol. The molecule has 2 aromatic carbocycles. The third kappa shape index (κ3) is 2.67. The van der Waals surface area contributed by atoms with Crippen LogP contribution in [0.4, 0.5) is 5.69 Å². The Morgan fingerprint density at radius 3 is 2.71 bits per heavy atom. The average molecular weight is 316 g/mol. The van der Waals surface area contributed by atoms with Crippen molar-refractivity contribution >= 4 is 17.2 Å². The lowest BCUT2D eigenvalue weighted by Gasteiger charge is -2.19. The molecule has 0 aliphatic carbocycles. The lowest BCUT2D eigenvalue weighted by atomic mass is 9.96. The number of amides is 1. The number of anilines is 1. The molecule has 5 nitrogen and oxygen atoms in total. The van der Waals surface area contributed by atoms with E-state index in [0.717, 1.165) is 28.1 Å². The number of aromatic amines is 1.